The molecule has 1 amide bonds. The second-order valence-electron chi connectivity index (χ2n) is 3.83. The van der Waals surface area contributed by atoms with Crippen LogP contribution < -0.4 is 5.73 Å². The Labute approximate surface area is 106 Å². The molecule has 1 aliphatic rings. The van der Waals surface area contributed by atoms with Gasteiger partial charge in [0.15, 0.2) is 4.34 Å². The molecule has 1 unspecified atom stereocenters. The molecule has 1 saturated heterocycles. The van der Waals surface area contributed by atoms with Gasteiger partial charge in [-0.3, -0.25) is 14.9 Å². The van der Waals surface area contributed by atoms with Crippen molar-refractivity contribution in [2.75, 3.05) is 13.1 Å². The maximum atomic E-state index is 12.0. The van der Waals surface area contributed by atoms with Crippen molar-refractivity contribution in [2.45, 2.75) is 12.5 Å². The number of hydrogen-bond donors (Lipinski definition) is 1. The average Bonchev–Trinajstić information content (AvgIpc) is 2.83. The molecular weight excluding hydrogens is 266 g/mol. The van der Waals surface area contributed by atoms with Gasteiger partial charge in [-0.25, -0.2) is 0 Å². The summed E-state index contributed by atoms with van der Waals surface area (Å²) in [7, 11) is 0. The third-order valence-electron chi connectivity index (χ3n) is 2.59. The molecule has 0 aliphatic carbocycles. The Kier molecular flexibility index (Phi) is 3.32. The lowest BCUT2D eigenvalue weighted by Crippen LogP contribution is -2.31. The SMILES string of the molecule is NC1CCN(C(=O)c2cc([N+](=O)[O-])c(Cl)s2)C1. The summed E-state index contributed by atoms with van der Waals surface area (Å²) in [6.45, 7) is 1.07. The monoisotopic (exact) mass is 275 g/mol. The first-order valence-corrected chi connectivity index (χ1v) is 6.17. The van der Waals surface area contributed by atoms with E-state index >= 15 is 0 Å². The molecular formula is C9H10ClN3O3S. The fourth-order valence-electron chi connectivity index (χ4n) is 1.72. The average molecular weight is 276 g/mol. The number of likely N-dealkylation sites (tertiary alicyclic amines) is 1. The molecule has 92 valence electrons. The first-order valence-electron chi connectivity index (χ1n) is 4.97. The Morgan fingerprint density at radius 2 is 2.41 bits per heavy atom. The van der Waals surface area contributed by atoms with Crippen LogP contribution >= 0.6 is 22.9 Å². The van der Waals surface area contributed by atoms with Gasteiger partial charge in [0.2, 0.25) is 0 Å². The van der Waals surface area contributed by atoms with E-state index in [1.54, 1.807) is 4.90 Å². The maximum absolute atomic E-state index is 12.0. The molecule has 1 aromatic heterocycles. The van der Waals surface area contributed by atoms with E-state index in [2.05, 4.69) is 0 Å². The largest absolute Gasteiger partial charge is 0.336 e. The highest BCUT2D eigenvalue weighted by Crippen LogP contribution is 2.34. The van der Waals surface area contributed by atoms with Gasteiger partial charge in [0, 0.05) is 25.2 Å². The smallest absolute Gasteiger partial charge is 0.299 e. The number of hydrogen-bond acceptors (Lipinski definition) is 5. The second-order valence-corrected chi connectivity index (χ2v) is 5.48. The Morgan fingerprint density at radius 3 is 2.88 bits per heavy atom. The van der Waals surface area contributed by atoms with E-state index in [9.17, 15) is 14.9 Å². The number of carbonyl (C=O) groups is 1. The lowest BCUT2D eigenvalue weighted by molar-refractivity contribution is -0.384. The van der Waals surface area contributed by atoms with Crippen LogP contribution in [0.15, 0.2) is 6.07 Å². The van der Waals surface area contributed by atoms with E-state index < -0.39 is 4.92 Å². The summed E-state index contributed by atoms with van der Waals surface area (Å²) in [5.41, 5.74) is 5.48. The molecule has 0 spiro atoms. The van der Waals surface area contributed by atoms with Gasteiger partial charge in [0.05, 0.1) is 4.92 Å². The predicted octanol–water partition coefficient (Wildman–Crippen LogP) is 1.48. The van der Waals surface area contributed by atoms with Crippen LogP contribution in [0.25, 0.3) is 0 Å². The minimum atomic E-state index is -0.592. The first-order chi connectivity index (χ1) is 7.99. The topological polar surface area (TPSA) is 89.5 Å². The summed E-state index contributed by atoms with van der Waals surface area (Å²) in [4.78, 5) is 23.9. The molecule has 1 fully saturated rings. The highest BCUT2D eigenvalue weighted by atomic mass is 35.5. The molecule has 0 saturated carbocycles. The van der Waals surface area contributed by atoms with Gasteiger partial charge >= 0.3 is 0 Å². The number of nitrogens with zero attached hydrogens (tertiary/aromatic N) is 2. The van der Waals surface area contributed by atoms with E-state index in [1.807, 2.05) is 0 Å². The highest BCUT2D eigenvalue weighted by molar-refractivity contribution is 7.18. The maximum Gasteiger partial charge on any atom is 0.299 e. The molecule has 0 radical (unpaired) electrons. The predicted molar refractivity (Wildman–Crippen MR) is 64.5 cm³/mol. The van der Waals surface area contributed by atoms with Crippen LogP contribution in [-0.2, 0) is 0 Å². The quantitative estimate of drug-likeness (QED) is 0.654. The Balaban J connectivity index is 2.20. The Hall–Kier alpha value is -1.18. The van der Waals surface area contributed by atoms with Crippen molar-refractivity contribution in [3.63, 3.8) is 0 Å². The summed E-state index contributed by atoms with van der Waals surface area (Å²) >= 11 is 6.63. The van der Waals surface area contributed by atoms with E-state index in [1.165, 1.54) is 6.07 Å². The lowest BCUT2D eigenvalue weighted by atomic mass is 10.3. The number of carbonyl (C=O) groups excluding carboxylic acids is 1. The molecule has 6 nitrogen and oxygen atoms in total. The van der Waals surface area contributed by atoms with Gasteiger partial charge in [-0.1, -0.05) is 11.6 Å². The summed E-state index contributed by atoms with van der Waals surface area (Å²) in [6, 6.07) is 1.21. The zero-order valence-corrected chi connectivity index (χ0v) is 10.3. The van der Waals surface area contributed by atoms with Crippen LogP contribution in [0.5, 0.6) is 0 Å². The number of amides is 1. The van der Waals surface area contributed by atoms with E-state index in [0.717, 1.165) is 17.8 Å². The fourth-order valence-corrected chi connectivity index (χ4v) is 2.91. The van der Waals surface area contributed by atoms with Crippen LogP contribution in [0.4, 0.5) is 5.69 Å². The minimum Gasteiger partial charge on any atom is -0.336 e. The molecule has 0 bridgehead atoms. The summed E-state index contributed by atoms with van der Waals surface area (Å²) in [5.74, 6) is -0.238. The summed E-state index contributed by atoms with van der Waals surface area (Å²) in [6.07, 6.45) is 0.757. The standard InChI is InChI=1S/C9H10ClN3O3S/c10-8-6(13(15)16)3-7(17-8)9(14)12-2-1-5(11)4-12/h3,5H,1-2,4,11H2. The molecule has 2 rings (SSSR count). The van der Waals surface area contributed by atoms with Crippen molar-refractivity contribution in [3.8, 4) is 0 Å². The molecule has 1 atom stereocenters. The van der Waals surface area contributed by atoms with Crippen molar-refractivity contribution < 1.29 is 9.72 Å². The van der Waals surface area contributed by atoms with Gasteiger partial charge in [-0.15, -0.1) is 11.3 Å². The zero-order chi connectivity index (χ0) is 12.6. The number of halogens is 1. The third kappa shape index (κ3) is 2.41. The zero-order valence-electron chi connectivity index (χ0n) is 8.76. The van der Waals surface area contributed by atoms with Crippen LogP contribution in [0.2, 0.25) is 4.34 Å². The van der Waals surface area contributed by atoms with Gasteiger partial charge in [0.1, 0.15) is 4.88 Å². The number of nitrogens with two attached hydrogens (primary N) is 1. The van der Waals surface area contributed by atoms with E-state index in [-0.39, 0.29) is 26.8 Å². The lowest BCUT2D eigenvalue weighted by Gasteiger charge is -2.13. The number of rotatable bonds is 2. The van der Waals surface area contributed by atoms with Crippen molar-refractivity contribution in [3.05, 3.63) is 25.4 Å². The molecule has 2 N–H and O–H groups in total. The molecule has 8 heteroatoms. The van der Waals surface area contributed by atoms with E-state index in [4.69, 9.17) is 17.3 Å². The highest BCUT2D eigenvalue weighted by Gasteiger charge is 2.28. The normalized spacial score (nSPS) is 19.6. The van der Waals surface area contributed by atoms with Crippen molar-refractivity contribution in [2.24, 2.45) is 5.73 Å². The van der Waals surface area contributed by atoms with Crippen LogP contribution in [0, 0.1) is 10.1 Å². The van der Waals surface area contributed by atoms with Crippen molar-refractivity contribution >= 4 is 34.5 Å². The van der Waals surface area contributed by atoms with Crippen molar-refractivity contribution in [1.82, 2.24) is 4.90 Å². The Bertz CT molecular complexity index is 476. The summed E-state index contributed by atoms with van der Waals surface area (Å²) in [5, 5.41) is 10.6. The van der Waals surface area contributed by atoms with Crippen molar-refractivity contribution in [1.29, 1.82) is 0 Å². The minimum absolute atomic E-state index is 0.00984. The van der Waals surface area contributed by atoms with Crippen LogP contribution in [-0.4, -0.2) is 34.9 Å². The molecule has 17 heavy (non-hydrogen) atoms. The Morgan fingerprint density at radius 1 is 1.71 bits per heavy atom. The first kappa shape index (κ1) is 12.3. The second kappa shape index (κ2) is 4.59. The fraction of sp³-hybridized carbons (Fsp3) is 0.444. The number of thiophene rings is 1. The van der Waals surface area contributed by atoms with Gasteiger partial charge < -0.3 is 10.6 Å². The molecule has 0 aromatic carbocycles. The number of nitro groups is 1. The van der Waals surface area contributed by atoms with Gasteiger partial charge in [0.25, 0.3) is 11.6 Å². The summed E-state index contributed by atoms with van der Waals surface area (Å²) < 4.78 is 0.0295. The van der Waals surface area contributed by atoms with Gasteiger partial charge in [-0.05, 0) is 6.42 Å². The van der Waals surface area contributed by atoms with E-state index in [0.29, 0.717) is 13.1 Å². The molecule has 2 heterocycles. The van der Waals surface area contributed by atoms with Crippen LogP contribution in [0.1, 0.15) is 16.1 Å². The van der Waals surface area contributed by atoms with Gasteiger partial charge in [-0.2, -0.15) is 0 Å². The van der Waals surface area contributed by atoms with Crippen LogP contribution in [0.3, 0.4) is 0 Å². The molecule has 1 aromatic rings. The molecule has 1 aliphatic heterocycles. The third-order valence-corrected chi connectivity index (χ3v) is 3.91.